The standard InChI is InChI=1S/C42H39N3O6/c1-26-16-18-29(19-17-26)43-45-39(48)34-24-33-30(20-21-32-36(33)40(49)44(38(32)47)25-27-10-4-2-5-11-27)37(31-14-8-9-15-35(31)51-23-22-46)42(34,41(45)50)28-12-6-3-7-13-28/h2-20,32-34,36-37,43,46H,21-25H2,1H3/t32-,33+,34-,36-,37+,42+/m0/s1. The average Bonchev–Trinajstić information content (AvgIpc) is 3.53. The Morgan fingerprint density at radius 3 is 2.22 bits per heavy atom. The smallest absolute Gasteiger partial charge is 0.260 e. The quantitative estimate of drug-likeness (QED) is 0.176. The van der Waals surface area contributed by atoms with E-state index >= 15 is 4.79 Å². The van der Waals surface area contributed by atoms with Gasteiger partial charge in [0, 0.05) is 11.5 Å². The van der Waals surface area contributed by atoms with Crippen LogP contribution in [0.15, 0.2) is 121 Å². The highest BCUT2D eigenvalue weighted by Gasteiger charge is 2.70. The maximum Gasteiger partial charge on any atom is 0.260 e. The Labute approximate surface area is 296 Å². The van der Waals surface area contributed by atoms with Gasteiger partial charge in [0.1, 0.15) is 12.4 Å². The van der Waals surface area contributed by atoms with E-state index in [9.17, 15) is 19.5 Å². The minimum absolute atomic E-state index is 0.0358. The van der Waals surface area contributed by atoms with Crippen molar-refractivity contribution in [3.8, 4) is 5.75 Å². The monoisotopic (exact) mass is 681 g/mol. The molecule has 2 heterocycles. The lowest BCUT2D eigenvalue weighted by Gasteiger charge is -2.50. The van der Waals surface area contributed by atoms with Gasteiger partial charge in [-0.1, -0.05) is 108 Å². The number of rotatable bonds is 9. The number of allylic oxidation sites excluding steroid dienone is 2. The molecule has 6 atom stereocenters. The normalized spacial score (nSPS) is 26.8. The number of nitrogens with zero attached hydrogens (tertiary/aromatic N) is 2. The van der Waals surface area contributed by atoms with E-state index in [2.05, 4.69) is 5.43 Å². The number of nitrogens with one attached hydrogen (secondary N) is 1. The predicted molar refractivity (Wildman–Crippen MR) is 190 cm³/mol. The summed E-state index contributed by atoms with van der Waals surface area (Å²) in [6.07, 6.45) is 2.60. The van der Waals surface area contributed by atoms with Crippen molar-refractivity contribution in [3.63, 3.8) is 0 Å². The topological polar surface area (TPSA) is 116 Å². The molecule has 3 fully saturated rings. The lowest BCUT2D eigenvalue weighted by Crippen LogP contribution is -2.53. The van der Waals surface area contributed by atoms with Crippen molar-refractivity contribution in [1.82, 2.24) is 9.91 Å². The summed E-state index contributed by atoms with van der Waals surface area (Å²) in [6, 6.07) is 33.8. The van der Waals surface area contributed by atoms with Crippen molar-refractivity contribution in [2.45, 2.75) is 37.6 Å². The summed E-state index contributed by atoms with van der Waals surface area (Å²) in [4.78, 5) is 59.9. The highest BCUT2D eigenvalue weighted by atomic mass is 16.5. The number of aryl methyl sites for hydroxylation is 1. The van der Waals surface area contributed by atoms with Crippen molar-refractivity contribution >= 4 is 29.3 Å². The predicted octanol–water partition coefficient (Wildman–Crippen LogP) is 5.55. The molecule has 4 aliphatic rings. The fourth-order valence-electron chi connectivity index (χ4n) is 9.08. The molecule has 8 rings (SSSR count). The number of ether oxygens (including phenoxy) is 1. The van der Waals surface area contributed by atoms with Crippen molar-refractivity contribution in [2.75, 3.05) is 18.6 Å². The van der Waals surface area contributed by atoms with E-state index in [0.29, 0.717) is 29.0 Å². The van der Waals surface area contributed by atoms with E-state index in [1.807, 2.05) is 122 Å². The Morgan fingerprint density at radius 1 is 0.804 bits per heavy atom. The van der Waals surface area contributed by atoms with Crippen molar-refractivity contribution in [1.29, 1.82) is 0 Å². The molecule has 0 spiro atoms. The van der Waals surface area contributed by atoms with Crippen LogP contribution in [-0.2, 0) is 31.1 Å². The van der Waals surface area contributed by atoms with Crippen molar-refractivity contribution in [3.05, 3.63) is 143 Å². The molecule has 0 radical (unpaired) electrons. The van der Waals surface area contributed by atoms with Crippen molar-refractivity contribution < 1.29 is 29.0 Å². The van der Waals surface area contributed by atoms with Crippen LogP contribution < -0.4 is 10.2 Å². The third-order valence-corrected chi connectivity index (χ3v) is 11.2. The molecule has 0 unspecified atom stereocenters. The molecule has 258 valence electrons. The van der Waals surface area contributed by atoms with Crippen LogP contribution >= 0.6 is 0 Å². The van der Waals surface area contributed by atoms with Crippen LogP contribution in [0.1, 0.15) is 41.0 Å². The molecule has 0 aromatic heterocycles. The largest absolute Gasteiger partial charge is 0.491 e. The number of amides is 4. The van der Waals surface area contributed by atoms with E-state index in [0.717, 1.165) is 21.7 Å². The third-order valence-electron chi connectivity index (χ3n) is 11.2. The Balaban J connectivity index is 1.30. The van der Waals surface area contributed by atoms with Gasteiger partial charge in [0.25, 0.3) is 11.8 Å². The molecule has 9 heteroatoms. The first kappa shape index (κ1) is 32.7. The van der Waals surface area contributed by atoms with E-state index < -0.39 is 40.9 Å². The van der Waals surface area contributed by atoms with Gasteiger partial charge in [-0.3, -0.25) is 29.5 Å². The highest BCUT2D eigenvalue weighted by Crippen LogP contribution is 2.65. The van der Waals surface area contributed by atoms with Gasteiger partial charge in [0.2, 0.25) is 11.8 Å². The zero-order valence-corrected chi connectivity index (χ0v) is 28.3. The number of hydrogen-bond donors (Lipinski definition) is 2. The molecule has 4 amide bonds. The lowest BCUT2D eigenvalue weighted by atomic mass is 9.49. The number of hydrogen-bond acceptors (Lipinski definition) is 7. The molecule has 2 aliphatic carbocycles. The zero-order chi connectivity index (χ0) is 35.3. The summed E-state index contributed by atoms with van der Waals surface area (Å²) in [5.41, 5.74) is 6.46. The number of fused-ring (bicyclic) bond motifs is 4. The van der Waals surface area contributed by atoms with Gasteiger partial charge in [0.15, 0.2) is 0 Å². The third kappa shape index (κ3) is 5.17. The first-order chi connectivity index (χ1) is 24.8. The van der Waals surface area contributed by atoms with Crippen LogP contribution in [0.5, 0.6) is 5.75 Å². The number of para-hydroxylation sites is 1. The number of aliphatic hydroxyl groups is 1. The number of aliphatic hydroxyl groups excluding tert-OH is 1. The first-order valence-corrected chi connectivity index (χ1v) is 17.5. The number of carbonyl (C=O) groups excluding carboxylic acids is 4. The summed E-state index contributed by atoms with van der Waals surface area (Å²) in [5, 5.41) is 10.9. The van der Waals surface area contributed by atoms with Crippen LogP contribution in [0.4, 0.5) is 5.69 Å². The number of hydrazine groups is 1. The Kier molecular flexibility index (Phi) is 8.30. The molecule has 4 aromatic rings. The molecule has 2 N–H and O–H groups in total. The lowest BCUT2D eigenvalue weighted by molar-refractivity contribution is -0.142. The van der Waals surface area contributed by atoms with E-state index in [4.69, 9.17) is 4.74 Å². The maximum absolute atomic E-state index is 15.3. The fraction of sp³-hybridized carbons (Fsp3) is 0.286. The van der Waals surface area contributed by atoms with Gasteiger partial charge in [-0.15, -0.1) is 0 Å². The molecular formula is C42H39N3O6. The molecular weight excluding hydrogens is 642 g/mol. The second kappa shape index (κ2) is 13.0. The van der Waals surface area contributed by atoms with Crippen LogP contribution in [0.3, 0.4) is 0 Å². The first-order valence-electron chi connectivity index (χ1n) is 17.5. The van der Waals surface area contributed by atoms with E-state index in [1.54, 1.807) is 0 Å². The van der Waals surface area contributed by atoms with Crippen LogP contribution in [0.2, 0.25) is 0 Å². The Morgan fingerprint density at radius 2 is 1.49 bits per heavy atom. The maximum atomic E-state index is 15.3. The van der Waals surface area contributed by atoms with Gasteiger partial charge in [-0.2, -0.15) is 5.01 Å². The summed E-state index contributed by atoms with van der Waals surface area (Å²) in [7, 11) is 0. The number of imide groups is 2. The zero-order valence-electron chi connectivity index (χ0n) is 28.3. The number of likely N-dealkylation sites (tertiary alicyclic amines) is 1. The van der Waals surface area contributed by atoms with E-state index in [-0.39, 0.29) is 43.9 Å². The Bertz CT molecular complexity index is 2030. The summed E-state index contributed by atoms with van der Waals surface area (Å²) >= 11 is 0. The second-order valence-corrected chi connectivity index (χ2v) is 13.9. The van der Waals surface area contributed by atoms with Gasteiger partial charge in [-0.05, 0) is 55.0 Å². The minimum atomic E-state index is -1.40. The van der Waals surface area contributed by atoms with Crippen LogP contribution in [0, 0.1) is 30.6 Å². The molecule has 2 saturated heterocycles. The highest BCUT2D eigenvalue weighted by molar-refractivity contribution is 6.13. The fourth-order valence-corrected chi connectivity index (χ4v) is 9.08. The second-order valence-electron chi connectivity index (χ2n) is 13.9. The van der Waals surface area contributed by atoms with E-state index in [1.165, 1.54) is 4.90 Å². The molecule has 4 aromatic carbocycles. The summed E-state index contributed by atoms with van der Waals surface area (Å²) in [5.74, 6) is -4.04. The van der Waals surface area contributed by atoms with Gasteiger partial charge in [0.05, 0.1) is 42.0 Å². The van der Waals surface area contributed by atoms with Gasteiger partial charge >= 0.3 is 0 Å². The molecule has 2 aliphatic heterocycles. The minimum Gasteiger partial charge on any atom is -0.491 e. The summed E-state index contributed by atoms with van der Waals surface area (Å²) in [6.45, 7) is 1.97. The molecule has 1 saturated carbocycles. The molecule has 0 bridgehead atoms. The van der Waals surface area contributed by atoms with Crippen LogP contribution in [0.25, 0.3) is 0 Å². The average molecular weight is 682 g/mol. The number of anilines is 1. The van der Waals surface area contributed by atoms with Crippen LogP contribution in [-0.4, -0.2) is 51.9 Å². The van der Waals surface area contributed by atoms with Crippen molar-refractivity contribution in [2.24, 2.45) is 23.7 Å². The Hall–Kier alpha value is -5.54. The number of carbonyl (C=O) groups is 4. The number of benzene rings is 4. The van der Waals surface area contributed by atoms with Gasteiger partial charge < -0.3 is 9.84 Å². The SMILES string of the molecule is Cc1ccc(NN2C(=O)[C@@H]3C[C@@H]4C(=CC[C@@H]5C(=O)N(Cc6ccccc6)C(=O)[C@@H]54)[C@H](c4ccccc4OCCO)[C@]3(c3ccccc3)C2=O)cc1. The molecule has 9 nitrogen and oxygen atoms in total. The molecule has 51 heavy (non-hydrogen) atoms. The van der Waals surface area contributed by atoms with Gasteiger partial charge in [-0.25, -0.2) is 0 Å². The summed E-state index contributed by atoms with van der Waals surface area (Å²) < 4.78 is 6.12.